The number of nitrogens with one attached hydrogen (secondary N) is 1. The quantitative estimate of drug-likeness (QED) is 0.905. The van der Waals surface area contributed by atoms with Gasteiger partial charge in [-0.05, 0) is 37.2 Å². The van der Waals surface area contributed by atoms with Crippen LogP contribution in [0.15, 0.2) is 47.3 Å². The number of ether oxygens (including phenoxy) is 1. The summed E-state index contributed by atoms with van der Waals surface area (Å²) in [4.78, 5) is 18.9. The number of amides is 1. The summed E-state index contributed by atoms with van der Waals surface area (Å²) in [5.74, 6) is 2.02. The standard InChI is InChI=1S/C18H21N3O3/c22-17-18(5-7-21(13-18)11-16-4-2-8-23-16)14(9-20-17)12-24-15-3-1-6-19-10-15/h1-4,6,8,10,14H,5,7,9,11-13H2,(H,20,22)/t14-,18+/m0/s1. The highest BCUT2D eigenvalue weighted by Crippen LogP contribution is 2.42. The number of carbonyl (C=O) groups is 1. The van der Waals surface area contributed by atoms with Crippen LogP contribution in [0, 0.1) is 11.3 Å². The normalized spacial score (nSPS) is 26.8. The minimum absolute atomic E-state index is 0.157. The summed E-state index contributed by atoms with van der Waals surface area (Å²) >= 11 is 0. The SMILES string of the molecule is O=C1NC[C@@H](COc2cccnc2)[C@]12CCN(Cc1ccco1)C2. The minimum atomic E-state index is -0.352. The first-order chi connectivity index (χ1) is 11.8. The molecule has 2 aromatic heterocycles. The zero-order valence-electron chi connectivity index (χ0n) is 13.5. The van der Waals surface area contributed by atoms with Crippen molar-refractivity contribution < 1.29 is 13.9 Å². The molecule has 4 rings (SSSR count). The van der Waals surface area contributed by atoms with Gasteiger partial charge in [0.1, 0.15) is 11.5 Å². The monoisotopic (exact) mass is 327 g/mol. The molecule has 2 fully saturated rings. The molecule has 24 heavy (non-hydrogen) atoms. The average molecular weight is 327 g/mol. The number of furan rings is 1. The van der Waals surface area contributed by atoms with Gasteiger partial charge in [-0.25, -0.2) is 0 Å². The fourth-order valence-electron chi connectivity index (χ4n) is 3.81. The Morgan fingerprint density at radius 2 is 2.38 bits per heavy atom. The average Bonchev–Trinajstić information content (AvgIpc) is 3.32. The van der Waals surface area contributed by atoms with Crippen molar-refractivity contribution in [3.05, 3.63) is 48.7 Å². The van der Waals surface area contributed by atoms with Crippen molar-refractivity contribution in [2.24, 2.45) is 11.3 Å². The Balaban J connectivity index is 1.43. The molecule has 1 amide bonds. The number of pyridine rings is 1. The van der Waals surface area contributed by atoms with E-state index in [1.807, 2.05) is 24.3 Å². The van der Waals surface area contributed by atoms with Gasteiger partial charge in [-0.1, -0.05) is 0 Å². The number of likely N-dealkylation sites (tertiary alicyclic amines) is 1. The first kappa shape index (κ1) is 15.2. The van der Waals surface area contributed by atoms with Crippen LogP contribution in [-0.4, -0.2) is 42.0 Å². The third-order valence-electron chi connectivity index (χ3n) is 5.17. The maximum absolute atomic E-state index is 12.5. The topological polar surface area (TPSA) is 67.6 Å². The van der Waals surface area contributed by atoms with Gasteiger partial charge in [0.15, 0.2) is 0 Å². The lowest BCUT2D eigenvalue weighted by Crippen LogP contribution is -2.40. The maximum atomic E-state index is 12.5. The van der Waals surface area contributed by atoms with Crippen molar-refractivity contribution in [1.82, 2.24) is 15.2 Å². The molecule has 0 bridgehead atoms. The van der Waals surface area contributed by atoms with Crippen molar-refractivity contribution in [3.8, 4) is 5.75 Å². The van der Waals surface area contributed by atoms with Gasteiger partial charge in [0.05, 0.1) is 31.0 Å². The zero-order valence-corrected chi connectivity index (χ0v) is 13.5. The van der Waals surface area contributed by atoms with Crippen molar-refractivity contribution in [3.63, 3.8) is 0 Å². The molecule has 126 valence electrons. The van der Waals surface area contributed by atoms with Crippen LogP contribution in [0.25, 0.3) is 0 Å². The Morgan fingerprint density at radius 1 is 1.42 bits per heavy atom. The molecule has 2 atom stereocenters. The molecule has 6 nitrogen and oxygen atoms in total. The molecule has 0 aliphatic carbocycles. The van der Waals surface area contributed by atoms with Gasteiger partial charge in [-0.2, -0.15) is 0 Å². The predicted molar refractivity (Wildman–Crippen MR) is 87.3 cm³/mol. The molecule has 2 aromatic rings. The Morgan fingerprint density at radius 3 is 3.17 bits per heavy atom. The van der Waals surface area contributed by atoms with E-state index in [1.54, 1.807) is 18.7 Å². The molecule has 0 radical (unpaired) electrons. The molecule has 6 heteroatoms. The molecular weight excluding hydrogens is 306 g/mol. The van der Waals surface area contributed by atoms with Gasteiger partial charge in [0.25, 0.3) is 0 Å². The van der Waals surface area contributed by atoms with Crippen molar-refractivity contribution >= 4 is 5.91 Å². The van der Waals surface area contributed by atoms with Crippen LogP contribution in [0.4, 0.5) is 0 Å². The summed E-state index contributed by atoms with van der Waals surface area (Å²) in [5, 5.41) is 3.03. The van der Waals surface area contributed by atoms with E-state index in [4.69, 9.17) is 9.15 Å². The minimum Gasteiger partial charge on any atom is -0.492 e. The second-order valence-electron chi connectivity index (χ2n) is 6.60. The fourth-order valence-corrected chi connectivity index (χ4v) is 3.81. The van der Waals surface area contributed by atoms with E-state index < -0.39 is 0 Å². The summed E-state index contributed by atoms with van der Waals surface area (Å²) in [6.45, 7) is 3.60. The summed E-state index contributed by atoms with van der Waals surface area (Å²) < 4.78 is 11.3. The van der Waals surface area contributed by atoms with E-state index in [2.05, 4.69) is 15.2 Å². The number of nitrogens with zero attached hydrogens (tertiary/aromatic N) is 2. The third kappa shape index (κ3) is 2.78. The second kappa shape index (κ2) is 6.28. The molecular formula is C18H21N3O3. The van der Waals surface area contributed by atoms with Crippen LogP contribution in [0.5, 0.6) is 5.75 Å². The zero-order chi connectivity index (χ0) is 16.4. The van der Waals surface area contributed by atoms with Gasteiger partial charge < -0.3 is 14.5 Å². The highest BCUT2D eigenvalue weighted by molar-refractivity contribution is 5.86. The van der Waals surface area contributed by atoms with Gasteiger partial charge >= 0.3 is 0 Å². The van der Waals surface area contributed by atoms with E-state index >= 15 is 0 Å². The highest BCUT2D eigenvalue weighted by Gasteiger charge is 2.54. The van der Waals surface area contributed by atoms with Crippen molar-refractivity contribution in [2.75, 3.05) is 26.2 Å². The first-order valence-corrected chi connectivity index (χ1v) is 8.32. The molecule has 1 spiro atoms. The second-order valence-corrected chi connectivity index (χ2v) is 6.60. The Labute approximate surface area is 140 Å². The molecule has 0 saturated carbocycles. The van der Waals surface area contributed by atoms with Crippen LogP contribution in [-0.2, 0) is 11.3 Å². The Hall–Kier alpha value is -2.34. The smallest absolute Gasteiger partial charge is 0.228 e. The van der Waals surface area contributed by atoms with Crippen LogP contribution in [0.2, 0.25) is 0 Å². The van der Waals surface area contributed by atoms with Crippen molar-refractivity contribution in [1.29, 1.82) is 0 Å². The number of aromatic nitrogens is 1. The molecule has 2 aliphatic rings. The summed E-state index contributed by atoms with van der Waals surface area (Å²) in [6, 6.07) is 7.61. The van der Waals surface area contributed by atoms with Crippen LogP contribution in [0.1, 0.15) is 12.2 Å². The lowest BCUT2D eigenvalue weighted by Gasteiger charge is -2.28. The van der Waals surface area contributed by atoms with Gasteiger partial charge in [0, 0.05) is 25.2 Å². The van der Waals surface area contributed by atoms with E-state index in [-0.39, 0.29) is 17.2 Å². The van der Waals surface area contributed by atoms with Crippen molar-refractivity contribution in [2.45, 2.75) is 13.0 Å². The van der Waals surface area contributed by atoms with Gasteiger partial charge in [0.2, 0.25) is 5.91 Å². The summed E-state index contributed by atoms with van der Waals surface area (Å²) in [5.41, 5.74) is -0.352. The molecule has 0 unspecified atom stereocenters. The van der Waals surface area contributed by atoms with E-state index in [1.165, 1.54) is 0 Å². The number of rotatable bonds is 5. The van der Waals surface area contributed by atoms with Crippen LogP contribution in [0.3, 0.4) is 0 Å². The fraction of sp³-hybridized carbons (Fsp3) is 0.444. The summed E-state index contributed by atoms with van der Waals surface area (Å²) in [7, 11) is 0. The van der Waals surface area contributed by atoms with Crippen LogP contribution < -0.4 is 10.1 Å². The number of hydrogen-bond acceptors (Lipinski definition) is 5. The van der Waals surface area contributed by atoms with E-state index in [0.29, 0.717) is 13.2 Å². The van der Waals surface area contributed by atoms with E-state index in [9.17, 15) is 4.79 Å². The molecule has 1 N–H and O–H groups in total. The number of carbonyl (C=O) groups excluding carboxylic acids is 1. The molecule has 4 heterocycles. The summed E-state index contributed by atoms with van der Waals surface area (Å²) in [6.07, 6.45) is 5.97. The molecule has 2 saturated heterocycles. The Bertz CT molecular complexity index is 689. The third-order valence-corrected chi connectivity index (χ3v) is 5.17. The van der Waals surface area contributed by atoms with Crippen LogP contribution >= 0.6 is 0 Å². The molecule has 0 aromatic carbocycles. The maximum Gasteiger partial charge on any atom is 0.228 e. The van der Waals surface area contributed by atoms with Gasteiger partial charge in [-0.15, -0.1) is 0 Å². The predicted octanol–water partition coefficient (Wildman–Crippen LogP) is 1.69. The van der Waals surface area contributed by atoms with E-state index in [0.717, 1.165) is 37.6 Å². The lowest BCUT2D eigenvalue weighted by molar-refractivity contribution is -0.128. The lowest BCUT2D eigenvalue weighted by atomic mass is 9.77. The largest absolute Gasteiger partial charge is 0.492 e. The first-order valence-electron chi connectivity index (χ1n) is 8.32. The molecule has 2 aliphatic heterocycles. The highest BCUT2D eigenvalue weighted by atomic mass is 16.5. The Kier molecular flexibility index (Phi) is 3.98. The van der Waals surface area contributed by atoms with Gasteiger partial charge in [-0.3, -0.25) is 14.7 Å². The number of hydrogen-bond donors (Lipinski definition) is 1.